The summed E-state index contributed by atoms with van der Waals surface area (Å²) < 4.78 is 5.15. The molecule has 74 valence electrons. The summed E-state index contributed by atoms with van der Waals surface area (Å²) in [6.07, 6.45) is 1.86. The van der Waals surface area contributed by atoms with Crippen LogP contribution in [-0.4, -0.2) is 30.3 Å². The molecule has 2 fully saturated rings. The number of ether oxygens (including phenoxy) is 1. The monoisotopic (exact) mass is 185 g/mol. The second-order valence-electron chi connectivity index (χ2n) is 4.53. The Morgan fingerprint density at radius 2 is 2.08 bits per heavy atom. The van der Waals surface area contributed by atoms with Crippen LogP contribution in [0.1, 0.15) is 19.8 Å². The fourth-order valence-corrected chi connectivity index (χ4v) is 2.36. The van der Waals surface area contributed by atoms with Crippen LogP contribution in [-0.2, 0) is 9.53 Å². The van der Waals surface area contributed by atoms with Crippen molar-refractivity contribution in [2.45, 2.75) is 25.8 Å². The van der Waals surface area contributed by atoms with Crippen LogP contribution in [0.15, 0.2) is 0 Å². The highest BCUT2D eigenvalue weighted by atomic mass is 16.5. The Bertz CT molecular complexity index is 243. The molecule has 0 aromatic heterocycles. The Hall–Kier alpha value is -0.610. The van der Waals surface area contributed by atoms with E-state index >= 15 is 0 Å². The van der Waals surface area contributed by atoms with Crippen molar-refractivity contribution in [1.29, 1.82) is 0 Å². The van der Waals surface area contributed by atoms with Crippen LogP contribution in [0.3, 0.4) is 0 Å². The van der Waals surface area contributed by atoms with Gasteiger partial charge in [0.05, 0.1) is 13.2 Å². The molecule has 0 aromatic rings. The number of hydrogen-bond donors (Lipinski definition) is 2. The molecule has 2 rings (SSSR count). The number of carboxylic acids is 1. The molecule has 1 atom stereocenters. The van der Waals surface area contributed by atoms with E-state index in [2.05, 4.69) is 6.92 Å². The molecular weight excluding hydrogens is 170 g/mol. The van der Waals surface area contributed by atoms with Gasteiger partial charge in [-0.1, -0.05) is 6.92 Å². The molecule has 0 radical (unpaired) electrons. The molecule has 1 saturated carbocycles. The van der Waals surface area contributed by atoms with Crippen LogP contribution in [0.2, 0.25) is 0 Å². The van der Waals surface area contributed by atoms with Crippen molar-refractivity contribution in [2.75, 3.05) is 13.2 Å². The summed E-state index contributed by atoms with van der Waals surface area (Å²) in [4.78, 5) is 10.8. The highest BCUT2D eigenvalue weighted by Gasteiger charge is 2.64. The maximum atomic E-state index is 10.8. The lowest BCUT2D eigenvalue weighted by Crippen LogP contribution is -2.56. The topological polar surface area (TPSA) is 72.6 Å². The molecule has 0 amide bonds. The molecule has 13 heavy (non-hydrogen) atoms. The first kappa shape index (κ1) is 8.97. The average molecular weight is 185 g/mol. The van der Waals surface area contributed by atoms with Crippen molar-refractivity contribution in [1.82, 2.24) is 0 Å². The van der Waals surface area contributed by atoms with Gasteiger partial charge in [-0.05, 0) is 12.8 Å². The maximum absolute atomic E-state index is 10.8. The summed E-state index contributed by atoms with van der Waals surface area (Å²) in [5, 5.41) is 8.87. The maximum Gasteiger partial charge on any atom is 0.321 e. The van der Waals surface area contributed by atoms with Gasteiger partial charge in [-0.3, -0.25) is 4.79 Å². The van der Waals surface area contributed by atoms with E-state index < -0.39 is 12.0 Å². The van der Waals surface area contributed by atoms with E-state index in [9.17, 15) is 4.79 Å². The summed E-state index contributed by atoms with van der Waals surface area (Å²) in [7, 11) is 0. The fourth-order valence-electron chi connectivity index (χ4n) is 2.36. The largest absolute Gasteiger partial charge is 0.480 e. The van der Waals surface area contributed by atoms with E-state index in [0.29, 0.717) is 13.2 Å². The lowest BCUT2D eigenvalue weighted by Gasteiger charge is -2.46. The molecule has 4 nitrogen and oxygen atoms in total. The van der Waals surface area contributed by atoms with E-state index in [1.807, 2.05) is 0 Å². The van der Waals surface area contributed by atoms with Crippen LogP contribution in [0.5, 0.6) is 0 Å². The first-order valence-corrected chi connectivity index (χ1v) is 4.58. The lowest BCUT2D eigenvalue weighted by molar-refractivity contribution is -0.163. The van der Waals surface area contributed by atoms with Crippen LogP contribution < -0.4 is 5.73 Å². The van der Waals surface area contributed by atoms with Gasteiger partial charge < -0.3 is 15.6 Å². The second-order valence-corrected chi connectivity index (χ2v) is 4.53. The van der Waals surface area contributed by atoms with Crippen LogP contribution in [0.4, 0.5) is 0 Å². The van der Waals surface area contributed by atoms with Crippen molar-refractivity contribution >= 4 is 5.97 Å². The SMILES string of the molecule is CC1(C2(C(N)C(=O)O)CC2)COC1. The predicted molar refractivity (Wildman–Crippen MR) is 46.2 cm³/mol. The number of nitrogens with two attached hydrogens (primary N) is 1. The standard InChI is InChI=1S/C9H15NO3/c1-8(4-13-5-8)9(2-3-9)6(10)7(11)12/h6H,2-5,10H2,1H3,(H,11,12). The Labute approximate surface area is 77.1 Å². The predicted octanol–water partition coefficient (Wildman–Crippen LogP) is 0.215. The third-order valence-corrected chi connectivity index (χ3v) is 3.69. The van der Waals surface area contributed by atoms with Crippen molar-refractivity contribution < 1.29 is 14.6 Å². The van der Waals surface area contributed by atoms with Gasteiger partial charge in [0, 0.05) is 10.8 Å². The minimum atomic E-state index is -0.884. The molecule has 2 aliphatic rings. The molecule has 1 heterocycles. The van der Waals surface area contributed by atoms with E-state index in [1.165, 1.54) is 0 Å². The average Bonchev–Trinajstić information content (AvgIpc) is 2.79. The van der Waals surface area contributed by atoms with Crippen molar-refractivity contribution in [3.05, 3.63) is 0 Å². The number of rotatable bonds is 3. The van der Waals surface area contributed by atoms with Crippen molar-refractivity contribution in [2.24, 2.45) is 16.6 Å². The molecular formula is C9H15NO3. The number of aliphatic carboxylic acids is 1. The first-order valence-electron chi connectivity index (χ1n) is 4.58. The zero-order chi connectivity index (χ0) is 9.69. The molecule has 1 saturated heterocycles. The van der Waals surface area contributed by atoms with E-state index in [1.54, 1.807) is 0 Å². The smallest absolute Gasteiger partial charge is 0.321 e. The molecule has 1 unspecified atom stereocenters. The summed E-state index contributed by atoms with van der Waals surface area (Å²) in [5.41, 5.74) is 5.52. The zero-order valence-electron chi connectivity index (χ0n) is 7.75. The fraction of sp³-hybridized carbons (Fsp3) is 0.889. The van der Waals surface area contributed by atoms with Gasteiger partial charge in [0.15, 0.2) is 0 Å². The highest BCUT2D eigenvalue weighted by molar-refractivity contribution is 5.75. The molecule has 4 heteroatoms. The minimum absolute atomic E-state index is 0.00477. The Morgan fingerprint density at radius 1 is 1.54 bits per heavy atom. The van der Waals surface area contributed by atoms with Gasteiger partial charge in [-0.2, -0.15) is 0 Å². The van der Waals surface area contributed by atoms with Crippen LogP contribution in [0.25, 0.3) is 0 Å². The normalized spacial score (nSPS) is 30.3. The van der Waals surface area contributed by atoms with Gasteiger partial charge in [0.2, 0.25) is 0 Å². The van der Waals surface area contributed by atoms with Crippen LogP contribution >= 0.6 is 0 Å². The van der Waals surface area contributed by atoms with E-state index in [-0.39, 0.29) is 10.8 Å². The molecule has 0 aromatic carbocycles. The minimum Gasteiger partial charge on any atom is -0.480 e. The Balaban J connectivity index is 2.16. The van der Waals surface area contributed by atoms with Gasteiger partial charge in [0.25, 0.3) is 0 Å². The van der Waals surface area contributed by atoms with Crippen LogP contribution in [0, 0.1) is 10.8 Å². The number of carboxylic acid groups (broad SMARTS) is 1. The van der Waals surface area contributed by atoms with Gasteiger partial charge in [0.1, 0.15) is 6.04 Å². The Kier molecular flexibility index (Phi) is 1.69. The first-order chi connectivity index (χ1) is 6.02. The molecule has 0 spiro atoms. The quantitative estimate of drug-likeness (QED) is 0.659. The zero-order valence-corrected chi connectivity index (χ0v) is 7.75. The van der Waals surface area contributed by atoms with Crippen molar-refractivity contribution in [3.63, 3.8) is 0 Å². The molecule has 0 bridgehead atoms. The van der Waals surface area contributed by atoms with Gasteiger partial charge in [-0.15, -0.1) is 0 Å². The van der Waals surface area contributed by atoms with E-state index in [4.69, 9.17) is 15.6 Å². The third-order valence-electron chi connectivity index (χ3n) is 3.69. The summed E-state index contributed by atoms with van der Waals surface area (Å²) >= 11 is 0. The number of hydrogen-bond acceptors (Lipinski definition) is 3. The summed E-state index contributed by atoms with van der Waals surface area (Å²) in [6.45, 7) is 3.40. The van der Waals surface area contributed by atoms with Gasteiger partial charge >= 0.3 is 5.97 Å². The second kappa shape index (κ2) is 2.45. The molecule has 1 aliphatic heterocycles. The summed E-state index contributed by atoms with van der Waals surface area (Å²) in [6, 6.07) is -0.721. The van der Waals surface area contributed by atoms with E-state index in [0.717, 1.165) is 12.8 Å². The number of carbonyl (C=O) groups is 1. The highest BCUT2D eigenvalue weighted by Crippen LogP contribution is 2.63. The lowest BCUT2D eigenvalue weighted by atomic mass is 9.69. The molecule has 3 N–H and O–H groups in total. The Morgan fingerprint density at radius 3 is 2.31 bits per heavy atom. The summed E-state index contributed by atoms with van der Waals surface area (Å²) in [5.74, 6) is -0.884. The third kappa shape index (κ3) is 1.02. The van der Waals surface area contributed by atoms with Gasteiger partial charge in [-0.25, -0.2) is 0 Å². The molecule has 1 aliphatic carbocycles. The van der Waals surface area contributed by atoms with Crippen molar-refractivity contribution in [3.8, 4) is 0 Å².